The van der Waals surface area contributed by atoms with E-state index in [1.165, 1.54) is 12.1 Å². The monoisotopic (exact) mass is 725 g/mol. The highest BCUT2D eigenvalue weighted by Crippen LogP contribution is 2.51. The molecule has 11 heteroatoms. The Bertz CT molecular complexity index is 2290. The Morgan fingerprint density at radius 3 is 2.65 bits per heavy atom. The van der Waals surface area contributed by atoms with Crippen LogP contribution in [-0.4, -0.2) is 45.6 Å². The number of halogens is 4. The summed E-state index contributed by atoms with van der Waals surface area (Å²) in [5, 5.41) is 15.4. The van der Waals surface area contributed by atoms with Gasteiger partial charge in [0.15, 0.2) is 5.82 Å². The average molecular weight is 727 g/mol. The van der Waals surface area contributed by atoms with Crippen LogP contribution < -0.4 is 10.1 Å². The first-order valence-electron chi connectivity index (χ1n) is 17.7. The van der Waals surface area contributed by atoms with Gasteiger partial charge in [0.05, 0.1) is 40.3 Å². The molecule has 2 aliphatic carbocycles. The fraction of sp³-hybridized carbons (Fsp3) is 0.375. The Morgan fingerprint density at radius 2 is 1.92 bits per heavy atom. The van der Waals surface area contributed by atoms with Crippen LogP contribution in [0.5, 0.6) is 5.75 Å². The third-order valence-corrected chi connectivity index (χ3v) is 12.2. The lowest BCUT2D eigenvalue weighted by Gasteiger charge is -2.39. The molecule has 260 valence electrons. The minimum absolute atomic E-state index is 0.00226. The summed E-state index contributed by atoms with van der Waals surface area (Å²) < 4.78 is 40.0. The molecule has 2 saturated carbocycles. The number of pyridine rings is 1. The minimum Gasteiger partial charge on any atom is -0.488 e. The van der Waals surface area contributed by atoms with Crippen LogP contribution in [0.15, 0.2) is 54.6 Å². The van der Waals surface area contributed by atoms with Crippen LogP contribution in [0.4, 0.5) is 8.78 Å². The number of ether oxygens (including phenoxy) is 1. The third-order valence-electron chi connectivity index (χ3n) is 11.3. The molecule has 0 spiro atoms. The number of aryl methyl sites for hydroxylation is 2. The van der Waals surface area contributed by atoms with Crippen LogP contribution in [0.3, 0.4) is 0 Å². The van der Waals surface area contributed by atoms with Crippen LogP contribution in [0.25, 0.3) is 32.9 Å². The van der Waals surface area contributed by atoms with E-state index in [2.05, 4.69) is 22.0 Å². The van der Waals surface area contributed by atoms with Gasteiger partial charge in [0.1, 0.15) is 23.2 Å². The summed E-state index contributed by atoms with van der Waals surface area (Å²) in [7, 11) is 0. The number of nitriles is 1. The lowest BCUT2D eigenvalue weighted by Crippen LogP contribution is -2.41. The van der Waals surface area contributed by atoms with Gasteiger partial charge in [-0.2, -0.15) is 5.26 Å². The van der Waals surface area contributed by atoms with Crippen molar-refractivity contribution in [3.63, 3.8) is 0 Å². The van der Waals surface area contributed by atoms with Gasteiger partial charge in [-0.25, -0.2) is 13.8 Å². The van der Waals surface area contributed by atoms with Crippen molar-refractivity contribution in [1.82, 2.24) is 19.8 Å². The van der Waals surface area contributed by atoms with E-state index in [-0.39, 0.29) is 58.8 Å². The van der Waals surface area contributed by atoms with Crippen LogP contribution in [0, 0.1) is 41.7 Å². The number of hydrogen-bond donors (Lipinski definition) is 1. The van der Waals surface area contributed by atoms with Gasteiger partial charge in [0.25, 0.3) is 0 Å². The Labute approximate surface area is 304 Å². The van der Waals surface area contributed by atoms with Crippen LogP contribution in [0.1, 0.15) is 61.1 Å². The van der Waals surface area contributed by atoms with Crippen molar-refractivity contribution in [3.8, 4) is 22.9 Å². The molecule has 10 rings (SSSR count). The molecule has 5 aromatic rings. The normalized spacial score (nSPS) is 23.9. The first-order chi connectivity index (χ1) is 24.7. The molecule has 2 bridgehead atoms. The number of rotatable bonds is 8. The Hall–Kier alpha value is -4.23. The van der Waals surface area contributed by atoms with E-state index in [4.69, 9.17) is 32.9 Å². The Balaban J connectivity index is 1.26. The maximum atomic E-state index is 17.1. The van der Waals surface area contributed by atoms with E-state index in [1.807, 2.05) is 17.9 Å². The minimum atomic E-state index is -0.506. The van der Waals surface area contributed by atoms with Gasteiger partial charge in [0, 0.05) is 70.7 Å². The van der Waals surface area contributed by atoms with Crippen LogP contribution >= 0.6 is 23.2 Å². The molecule has 7 nitrogen and oxygen atoms in total. The maximum absolute atomic E-state index is 17.1. The summed E-state index contributed by atoms with van der Waals surface area (Å²) in [4.78, 5) is 20.8. The predicted molar refractivity (Wildman–Crippen MR) is 193 cm³/mol. The van der Waals surface area contributed by atoms with Crippen molar-refractivity contribution < 1.29 is 18.3 Å². The van der Waals surface area contributed by atoms with E-state index in [0.29, 0.717) is 63.8 Å². The van der Waals surface area contributed by atoms with E-state index >= 15 is 4.39 Å². The molecule has 5 fully saturated rings. The lowest BCUT2D eigenvalue weighted by molar-refractivity contribution is -0.133. The highest BCUT2D eigenvalue weighted by molar-refractivity contribution is 6.43. The second kappa shape index (κ2) is 12.5. The zero-order chi connectivity index (χ0) is 35.1. The number of amides is 1. The molecule has 2 aromatic heterocycles. The molecule has 5 atom stereocenters. The smallest absolute Gasteiger partial charge is 0.226 e. The van der Waals surface area contributed by atoms with Crippen molar-refractivity contribution in [2.75, 3.05) is 13.1 Å². The number of carbonyl (C=O) groups is 1. The van der Waals surface area contributed by atoms with E-state index < -0.39 is 5.82 Å². The highest BCUT2D eigenvalue weighted by Gasteiger charge is 2.51. The second-order valence-electron chi connectivity index (χ2n) is 14.5. The molecule has 3 aliphatic heterocycles. The first-order valence-corrected chi connectivity index (χ1v) is 18.4. The van der Waals surface area contributed by atoms with Gasteiger partial charge in [-0.1, -0.05) is 41.4 Å². The quantitative estimate of drug-likeness (QED) is 0.173. The Kier molecular flexibility index (Phi) is 7.99. The van der Waals surface area contributed by atoms with Gasteiger partial charge < -0.3 is 19.5 Å². The zero-order valence-corrected chi connectivity index (χ0v) is 29.4. The number of likely N-dealkylation sites (tertiary alicyclic amines) is 1. The first kappa shape index (κ1) is 32.7. The summed E-state index contributed by atoms with van der Waals surface area (Å²) in [6, 6.07) is 17.7. The predicted octanol–water partition coefficient (Wildman–Crippen LogP) is 8.87. The topological polar surface area (TPSA) is 83.2 Å². The van der Waals surface area contributed by atoms with E-state index in [0.717, 1.165) is 42.4 Å². The van der Waals surface area contributed by atoms with Crippen LogP contribution in [-0.2, 0) is 11.2 Å². The van der Waals surface area contributed by atoms with Gasteiger partial charge in [-0.15, -0.1) is 0 Å². The van der Waals surface area contributed by atoms with Crippen LogP contribution in [0.2, 0.25) is 10.0 Å². The molecule has 1 N–H and O–H groups in total. The molecule has 1 amide bonds. The standard InChI is InChI=1S/C40H35Cl2F2N5O2/c1-20-28-17-33(32-16-26(19-48(32)40(50)21-10-11-21)51-25-7-2-6-24(43)15-25)49(38-23-14-31(38)46-18-23)39(28)29-13-22(5-4-12-45)34(36(44)37(29)47-20)27-8-3-9-30(41)35(27)42/h2-3,6-9,13,15,17,21,23,26,31-32,38,46H,4-5,10-11,14,16,18-19H2,1H3. The summed E-state index contributed by atoms with van der Waals surface area (Å²) in [5.41, 5.74) is 4.16. The van der Waals surface area contributed by atoms with Crippen molar-refractivity contribution in [3.05, 3.63) is 93.2 Å². The van der Waals surface area contributed by atoms with Gasteiger partial charge in [-0.3, -0.25) is 4.79 Å². The van der Waals surface area contributed by atoms with E-state index in [1.54, 1.807) is 30.3 Å². The van der Waals surface area contributed by atoms with Crippen molar-refractivity contribution >= 4 is 50.9 Å². The van der Waals surface area contributed by atoms with Crippen molar-refractivity contribution in [1.29, 1.82) is 5.26 Å². The third kappa shape index (κ3) is 5.37. The number of benzene rings is 3. The van der Waals surface area contributed by atoms with Gasteiger partial charge in [0.2, 0.25) is 5.91 Å². The average Bonchev–Trinajstić information content (AvgIpc) is 3.39. The van der Waals surface area contributed by atoms with Crippen molar-refractivity contribution in [2.24, 2.45) is 11.8 Å². The fourth-order valence-corrected chi connectivity index (χ4v) is 9.20. The molecule has 5 heterocycles. The number of carbonyl (C=O) groups excluding carboxylic acids is 1. The van der Waals surface area contributed by atoms with Gasteiger partial charge in [-0.05, 0) is 74.4 Å². The summed E-state index contributed by atoms with van der Waals surface area (Å²) >= 11 is 13.1. The number of hydrogen-bond acceptors (Lipinski definition) is 5. The Morgan fingerprint density at radius 1 is 1.10 bits per heavy atom. The zero-order valence-electron chi connectivity index (χ0n) is 27.9. The number of aromatic nitrogens is 2. The number of fused-ring (bicyclic) bond motifs is 4. The highest BCUT2D eigenvalue weighted by atomic mass is 35.5. The number of nitrogens with zero attached hydrogens (tertiary/aromatic N) is 4. The largest absolute Gasteiger partial charge is 0.488 e. The lowest BCUT2D eigenvalue weighted by atomic mass is 9.79. The fourth-order valence-electron chi connectivity index (χ4n) is 8.80. The molecule has 5 unspecified atom stereocenters. The molecular formula is C40H35Cl2F2N5O2. The summed E-state index contributed by atoms with van der Waals surface area (Å²) in [5.74, 6) is 0.0468. The number of nitrogens with one attached hydrogen (secondary N) is 1. The van der Waals surface area contributed by atoms with Gasteiger partial charge >= 0.3 is 0 Å². The van der Waals surface area contributed by atoms with Crippen molar-refractivity contribution in [2.45, 2.75) is 69.7 Å². The molecule has 3 saturated heterocycles. The summed E-state index contributed by atoms with van der Waals surface area (Å²) in [6.07, 6.45) is 3.48. The molecule has 0 radical (unpaired) electrons. The maximum Gasteiger partial charge on any atom is 0.226 e. The molecular weight excluding hydrogens is 691 g/mol. The van der Waals surface area contributed by atoms with E-state index in [9.17, 15) is 14.4 Å². The molecule has 51 heavy (non-hydrogen) atoms. The second-order valence-corrected chi connectivity index (χ2v) is 15.3. The summed E-state index contributed by atoms with van der Waals surface area (Å²) in [6.45, 7) is 3.18. The molecule has 5 aliphatic rings. The SMILES string of the molecule is Cc1nc2c(F)c(-c3cccc(Cl)c3Cl)c(CCC#N)cc2c2c1cc(C1CC(Oc3cccc(F)c3)CN1C(=O)C1CC1)n2C1C2CNC1C2. The molecule has 3 aromatic carbocycles.